The van der Waals surface area contributed by atoms with Crippen LogP contribution in [0, 0.1) is 11.7 Å². The normalized spacial score (nSPS) is 26.9. The Balaban J connectivity index is 1.64. The van der Waals surface area contributed by atoms with Crippen LogP contribution in [-0.2, 0) is 16.1 Å². The summed E-state index contributed by atoms with van der Waals surface area (Å²) in [5, 5.41) is 3.38. The largest absolute Gasteiger partial charge is 0.366 e. The molecule has 4 nitrogen and oxygen atoms in total. The molecule has 114 valence electrons. The van der Waals surface area contributed by atoms with E-state index < -0.39 is 0 Å². The summed E-state index contributed by atoms with van der Waals surface area (Å²) >= 11 is 0. The number of halogens is 1. The number of hydrogen-bond donors (Lipinski definition) is 1. The number of nitrogens with zero attached hydrogens (tertiary/aromatic N) is 1. The van der Waals surface area contributed by atoms with Crippen molar-refractivity contribution < 1.29 is 13.9 Å². The van der Waals surface area contributed by atoms with Gasteiger partial charge in [-0.3, -0.25) is 4.79 Å². The highest BCUT2D eigenvalue weighted by Gasteiger charge is 2.32. The fourth-order valence-corrected chi connectivity index (χ4v) is 3.13. The molecule has 1 amide bonds. The van der Waals surface area contributed by atoms with Crippen LogP contribution in [-0.4, -0.2) is 43.2 Å². The van der Waals surface area contributed by atoms with E-state index in [0.717, 1.165) is 31.5 Å². The van der Waals surface area contributed by atoms with Crippen molar-refractivity contribution in [2.45, 2.75) is 25.5 Å². The van der Waals surface area contributed by atoms with Crippen LogP contribution in [0.5, 0.6) is 0 Å². The first-order valence-electron chi connectivity index (χ1n) is 7.57. The third kappa shape index (κ3) is 3.60. The van der Waals surface area contributed by atoms with Gasteiger partial charge in [0.15, 0.2) is 0 Å². The molecule has 0 aliphatic carbocycles. The molecule has 2 aliphatic heterocycles. The summed E-state index contributed by atoms with van der Waals surface area (Å²) in [5.74, 6) is 0.183. The molecule has 1 aromatic carbocycles. The van der Waals surface area contributed by atoms with Crippen molar-refractivity contribution in [3.63, 3.8) is 0 Å². The van der Waals surface area contributed by atoms with E-state index in [2.05, 4.69) is 5.32 Å². The molecule has 0 aromatic heterocycles. The van der Waals surface area contributed by atoms with Crippen molar-refractivity contribution in [2.75, 3.05) is 26.2 Å². The van der Waals surface area contributed by atoms with Gasteiger partial charge in [0, 0.05) is 19.6 Å². The summed E-state index contributed by atoms with van der Waals surface area (Å²) in [6.45, 7) is 3.20. The fraction of sp³-hybridized carbons (Fsp3) is 0.562. The van der Waals surface area contributed by atoms with E-state index in [-0.39, 0.29) is 24.4 Å². The van der Waals surface area contributed by atoms with E-state index in [1.165, 1.54) is 12.1 Å². The van der Waals surface area contributed by atoms with Crippen molar-refractivity contribution in [1.82, 2.24) is 10.2 Å². The van der Waals surface area contributed by atoms with Gasteiger partial charge in [-0.15, -0.1) is 0 Å². The first kappa shape index (κ1) is 14.5. The van der Waals surface area contributed by atoms with E-state index in [0.29, 0.717) is 19.0 Å². The van der Waals surface area contributed by atoms with Gasteiger partial charge >= 0.3 is 0 Å². The molecule has 0 spiro atoms. The Morgan fingerprint density at radius 2 is 2.33 bits per heavy atom. The van der Waals surface area contributed by atoms with Crippen LogP contribution in [0.3, 0.4) is 0 Å². The van der Waals surface area contributed by atoms with Crippen LogP contribution in [0.25, 0.3) is 0 Å². The molecule has 2 unspecified atom stereocenters. The summed E-state index contributed by atoms with van der Waals surface area (Å²) in [6.07, 6.45) is 2.38. The summed E-state index contributed by atoms with van der Waals surface area (Å²) < 4.78 is 19.0. The average molecular weight is 292 g/mol. The quantitative estimate of drug-likeness (QED) is 0.919. The molecule has 2 saturated heterocycles. The zero-order chi connectivity index (χ0) is 14.7. The molecule has 5 heteroatoms. The van der Waals surface area contributed by atoms with Gasteiger partial charge in [-0.25, -0.2) is 4.39 Å². The predicted octanol–water partition coefficient (Wildman–Crippen LogP) is 1.55. The van der Waals surface area contributed by atoms with Gasteiger partial charge in [0.05, 0.1) is 6.10 Å². The maximum atomic E-state index is 13.2. The minimum absolute atomic E-state index is 0.0146. The lowest BCUT2D eigenvalue weighted by Gasteiger charge is -2.38. The second-order valence-corrected chi connectivity index (χ2v) is 5.86. The van der Waals surface area contributed by atoms with Gasteiger partial charge < -0.3 is 15.0 Å². The first-order valence-corrected chi connectivity index (χ1v) is 7.57. The lowest BCUT2D eigenvalue weighted by atomic mass is 9.92. The molecular formula is C16H21FN2O2. The Morgan fingerprint density at radius 3 is 3.10 bits per heavy atom. The van der Waals surface area contributed by atoms with Gasteiger partial charge in [-0.1, -0.05) is 12.1 Å². The number of rotatable bonds is 3. The minimum atomic E-state index is -0.263. The van der Waals surface area contributed by atoms with Crippen molar-refractivity contribution in [3.05, 3.63) is 35.6 Å². The number of piperidine rings is 1. The van der Waals surface area contributed by atoms with Crippen LogP contribution in [0.2, 0.25) is 0 Å². The smallest absolute Gasteiger partial charge is 0.248 e. The Labute approximate surface area is 124 Å². The Bertz CT molecular complexity index is 503. The molecule has 1 N–H and O–H groups in total. The molecular weight excluding hydrogens is 271 g/mol. The number of benzene rings is 1. The Morgan fingerprint density at radius 1 is 1.43 bits per heavy atom. The SMILES string of the molecule is O=C1COC(C2CCCNC2)CN1Cc1cccc(F)c1. The fourth-order valence-electron chi connectivity index (χ4n) is 3.13. The lowest BCUT2D eigenvalue weighted by Crippen LogP contribution is -2.51. The maximum absolute atomic E-state index is 13.2. The summed E-state index contributed by atoms with van der Waals surface area (Å²) in [7, 11) is 0. The molecule has 1 aromatic rings. The van der Waals surface area contributed by atoms with Crippen molar-refractivity contribution in [1.29, 1.82) is 0 Å². The van der Waals surface area contributed by atoms with E-state index in [4.69, 9.17) is 4.74 Å². The number of carbonyl (C=O) groups is 1. The third-order valence-electron chi connectivity index (χ3n) is 4.30. The predicted molar refractivity (Wildman–Crippen MR) is 77.2 cm³/mol. The number of hydrogen-bond acceptors (Lipinski definition) is 3. The molecule has 0 bridgehead atoms. The van der Waals surface area contributed by atoms with Gasteiger partial charge in [-0.2, -0.15) is 0 Å². The molecule has 0 saturated carbocycles. The monoisotopic (exact) mass is 292 g/mol. The highest BCUT2D eigenvalue weighted by atomic mass is 19.1. The zero-order valence-corrected chi connectivity index (χ0v) is 12.1. The van der Waals surface area contributed by atoms with Crippen molar-refractivity contribution in [2.24, 2.45) is 5.92 Å². The number of nitrogens with one attached hydrogen (secondary N) is 1. The van der Waals surface area contributed by atoms with Crippen LogP contribution in [0.1, 0.15) is 18.4 Å². The molecule has 3 rings (SSSR count). The van der Waals surface area contributed by atoms with Crippen LogP contribution >= 0.6 is 0 Å². The van der Waals surface area contributed by atoms with Gasteiger partial charge in [-0.05, 0) is 43.0 Å². The first-order chi connectivity index (χ1) is 10.2. The standard InChI is InChI=1S/C16H21FN2O2/c17-14-5-1-3-12(7-14)9-19-10-15(21-11-16(19)20)13-4-2-6-18-8-13/h1,3,5,7,13,15,18H,2,4,6,8-11H2. The van der Waals surface area contributed by atoms with Gasteiger partial charge in [0.25, 0.3) is 0 Å². The average Bonchev–Trinajstić information content (AvgIpc) is 2.50. The minimum Gasteiger partial charge on any atom is -0.366 e. The van der Waals surface area contributed by atoms with Crippen molar-refractivity contribution >= 4 is 5.91 Å². The molecule has 2 fully saturated rings. The molecule has 2 heterocycles. The zero-order valence-electron chi connectivity index (χ0n) is 12.1. The maximum Gasteiger partial charge on any atom is 0.248 e. The highest BCUT2D eigenvalue weighted by molar-refractivity contribution is 5.78. The number of carbonyl (C=O) groups excluding carboxylic acids is 1. The van der Waals surface area contributed by atoms with Gasteiger partial charge in [0.2, 0.25) is 5.91 Å². The van der Waals surface area contributed by atoms with Crippen LogP contribution < -0.4 is 5.32 Å². The number of amides is 1. The summed E-state index contributed by atoms with van der Waals surface area (Å²) in [4.78, 5) is 13.8. The number of ether oxygens (including phenoxy) is 1. The second kappa shape index (κ2) is 6.54. The Hall–Kier alpha value is -1.46. The second-order valence-electron chi connectivity index (χ2n) is 5.86. The Kier molecular flexibility index (Phi) is 4.51. The lowest BCUT2D eigenvalue weighted by molar-refractivity contribution is -0.153. The van der Waals surface area contributed by atoms with E-state index in [9.17, 15) is 9.18 Å². The molecule has 2 atom stereocenters. The van der Waals surface area contributed by atoms with Crippen LogP contribution in [0.15, 0.2) is 24.3 Å². The van der Waals surface area contributed by atoms with Crippen LogP contribution in [0.4, 0.5) is 4.39 Å². The highest BCUT2D eigenvalue weighted by Crippen LogP contribution is 2.22. The molecule has 21 heavy (non-hydrogen) atoms. The summed E-state index contributed by atoms with van der Waals surface area (Å²) in [5.41, 5.74) is 0.825. The topological polar surface area (TPSA) is 41.6 Å². The molecule has 0 radical (unpaired) electrons. The molecule has 2 aliphatic rings. The van der Waals surface area contributed by atoms with Gasteiger partial charge in [0.1, 0.15) is 12.4 Å². The van der Waals surface area contributed by atoms with Crippen molar-refractivity contribution in [3.8, 4) is 0 Å². The van der Waals surface area contributed by atoms with E-state index in [1.807, 2.05) is 6.07 Å². The number of morpholine rings is 1. The summed E-state index contributed by atoms with van der Waals surface area (Å²) in [6, 6.07) is 6.43. The van der Waals surface area contributed by atoms with E-state index in [1.54, 1.807) is 11.0 Å². The third-order valence-corrected chi connectivity index (χ3v) is 4.30. The van der Waals surface area contributed by atoms with E-state index >= 15 is 0 Å².